The Morgan fingerprint density at radius 2 is 1.85 bits per heavy atom. The molecule has 0 radical (unpaired) electrons. The van der Waals surface area contributed by atoms with E-state index in [0.717, 1.165) is 23.1 Å². The van der Waals surface area contributed by atoms with E-state index in [1.165, 1.54) is 18.4 Å². The highest BCUT2D eigenvalue weighted by Crippen LogP contribution is 2.34. The molecule has 1 aliphatic heterocycles. The van der Waals surface area contributed by atoms with Crippen molar-refractivity contribution in [1.29, 1.82) is 0 Å². The summed E-state index contributed by atoms with van der Waals surface area (Å²) in [6, 6.07) is 0. The van der Waals surface area contributed by atoms with Gasteiger partial charge in [0.25, 0.3) is 0 Å². The van der Waals surface area contributed by atoms with Crippen molar-refractivity contribution in [2.75, 3.05) is 25.1 Å². The van der Waals surface area contributed by atoms with Gasteiger partial charge in [0.05, 0.1) is 18.3 Å². The molecule has 0 unspecified atom stereocenters. The normalized spacial score (nSPS) is 20.8. The summed E-state index contributed by atoms with van der Waals surface area (Å²) in [6.45, 7) is 11.7. The standard InChI is InChI=1S/C14H22N2O3S/c1-9-10(11(17)18-6)15-12(20-9)16-7-13(2,3)19-14(4,5)8-16/h7-8H2,1-6H3. The topological polar surface area (TPSA) is 51.7 Å². The second-order valence-corrected chi connectivity index (χ2v) is 7.55. The smallest absolute Gasteiger partial charge is 0.357 e. The average Bonchev–Trinajstić information content (AvgIpc) is 2.66. The van der Waals surface area contributed by atoms with Crippen molar-refractivity contribution in [3.05, 3.63) is 10.6 Å². The minimum atomic E-state index is -0.378. The fourth-order valence-electron chi connectivity index (χ4n) is 2.73. The number of hydrogen-bond donors (Lipinski definition) is 0. The zero-order chi connectivity index (χ0) is 15.1. The summed E-state index contributed by atoms with van der Waals surface area (Å²) in [4.78, 5) is 19.2. The van der Waals surface area contributed by atoms with Crippen LogP contribution in [0, 0.1) is 6.92 Å². The van der Waals surface area contributed by atoms with E-state index in [0.29, 0.717) is 5.69 Å². The summed E-state index contributed by atoms with van der Waals surface area (Å²) in [7, 11) is 1.38. The van der Waals surface area contributed by atoms with Crippen LogP contribution in [0.5, 0.6) is 0 Å². The van der Waals surface area contributed by atoms with Crippen molar-refractivity contribution in [2.45, 2.75) is 45.8 Å². The second-order valence-electron chi connectivity index (χ2n) is 6.37. The lowest BCUT2D eigenvalue weighted by Gasteiger charge is -2.47. The molecule has 0 aromatic carbocycles. The fraction of sp³-hybridized carbons (Fsp3) is 0.714. The number of aryl methyl sites for hydroxylation is 1. The number of hydrogen-bond acceptors (Lipinski definition) is 6. The fourth-order valence-corrected chi connectivity index (χ4v) is 3.62. The first kappa shape index (κ1) is 15.3. The molecule has 0 N–H and O–H groups in total. The number of anilines is 1. The highest BCUT2D eigenvalue weighted by atomic mass is 32.1. The predicted molar refractivity (Wildman–Crippen MR) is 79.6 cm³/mol. The van der Waals surface area contributed by atoms with Gasteiger partial charge in [-0.1, -0.05) is 0 Å². The van der Waals surface area contributed by atoms with Gasteiger partial charge in [-0.2, -0.15) is 0 Å². The average molecular weight is 298 g/mol. The molecular formula is C14H22N2O3S. The van der Waals surface area contributed by atoms with Gasteiger partial charge in [0, 0.05) is 18.0 Å². The van der Waals surface area contributed by atoms with Crippen LogP contribution in [0.2, 0.25) is 0 Å². The van der Waals surface area contributed by atoms with E-state index in [2.05, 4.69) is 37.6 Å². The third-order valence-corrected chi connectivity index (χ3v) is 4.16. The molecule has 2 heterocycles. The third-order valence-electron chi connectivity index (χ3n) is 3.13. The molecule has 0 aliphatic carbocycles. The highest BCUT2D eigenvalue weighted by Gasteiger charge is 2.39. The van der Waals surface area contributed by atoms with E-state index in [9.17, 15) is 4.79 Å². The molecule has 112 valence electrons. The van der Waals surface area contributed by atoms with Crippen LogP contribution >= 0.6 is 11.3 Å². The second kappa shape index (κ2) is 5.00. The van der Waals surface area contributed by atoms with Crippen molar-refractivity contribution in [3.63, 3.8) is 0 Å². The molecule has 2 rings (SSSR count). The predicted octanol–water partition coefficient (Wildman–Crippen LogP) is 2.63. The van der Waals surface area contributed by atoms with Gasteiger partial charge in [-0.3, -0.25) is 0 Å². The lowest BCUT2D eigenvalue weighted by molar-refractivity contribution is -0.133. The van der Waals surface area contributed by atoms with Gasteiger partial charge in [0.15, 0.2) is 10.8 Å². The Kier molecular flexibility index (Phi) is 3.81. The minimum Gasteiger partial charge on any atom is -0.464 e. The summed E-state index contributed by atoms with van der Waals surface area (Å²) >= 11 is 1.52. The number of carbonyl (C=O) groups is 1. The van der Waals surface area contributed by atoms with Crippen molar-refractivity contribution >= 4 is 22.4 Å². The molecule has 20 heavy (non-hydrogen) atoms. The third kappa shape index (κ3) is 3.12. The Morgan fingerprint density at radius 1 is 1.30 bits per heavy atom. The Hall–Kier alpha value is -1.14. The minimum absolute atomic E-state index is 0.243. The van der Waals surface area contributed by atoms with Gasteiger partial charge >= 0.3 is 5.97 Å². The summed E-state index contributed by atoms with van der Waals surface area (Å²) in [5, 5.41) is 0.854. The number of methoxy groups -OCH3 is 1. The maximum Gasteiger partial charge on any atom is 0.357 e. The first-order valence-corrected chi connectivity index (χ1v) is 7.46. The van der Waals surface area contributed by atoms with Crippen LogP contribution in [0.25, 0.3) is 0 Å². The number of carbonyl (C=O) groups excluding carboxylic acids is 1. The van der Waals surface area contributed by atoms with Gasteiger partial charge in [0.2, 0.25) is 0 Å². The zero-order valence-electron chi connectivity index (χ0n) is 12.9. The molecule has 5 nitrogen and oxygen atoms in total. The summed E-state index contributed by atoms with van der Waals surface area (Å²) in [6.07, 6.45) is 0. The van der Waals surface area contributed by atoms with E-state index < -0.39 is 0 Å². The van der Waals surface area contributed by atoms with Crippen LogP contribution in [0.4, 0.5) is 5.13 Å². The van der Waals surface area contributed by atoms with Crippen LogP contribution < -0.4 is 4.90 Å². The molecule has 1 saturated heterocycles. The molecule has 1 aliphatic rings. The van der Waals surface area contributed by atoms with Gasteiger partial charge in [-0.15, -0.1) is 11.3 Å². The van der Waals surface area contributed by atoms with Gasteiger partial charge in [-0.25, -0.2) is 9.78 Å². The number of morpholine rings is 1. The molecule has 0 spiro atoms. The number of thiazole rings is 1. The Labute approximate surface area is 123 Å². The van der Waals surface area contributed by atoms with Crippen molar-refractivity contribution < 1.29 is 14.3 Å². The molecular weight excluding hydrogens is 276 g/mol. The van der Waals surface area contributed by atoms with Crippen LogP contribution in [-0.4, -0.2) is 42.4 Å². The van der Waals surface area contributed by atoms with E-state index >= 15 is 0 Å². The molecule has 1 fully saturated rings. The number of esters is 1. The molecule has 6 heteroatoms. The number of nitrogens with zero attached hydrogens (tertiary/aromatic N) is 2. The Bertz CT molecular complexity index is 506. The molecule has 1 aromatic heterocycles. The lowest BCUT2D eigenvalue weighted by atomic mass is 9.99. The first-order valence-electron chi connectivity index (χ1n) is 6.64. The van der Waals surface area contributed by atoms with Crippen LogP contribution in [0.1, 0.15) is 43.1 Å². The lowest BCUT2D eigenvalue weighted by Crippen LogP contribution is -2.57. The maximum atomic E-state index is 11.7. The van der Waals surface area contributed by atoms with Crippen LogP contribution in [-0.2, 0) is 9.47 Å². The summed E-state index contributed by atoms with van der Waals surface area (Å²) < 4.78 is 10.8. The summed E-state index contributed by atoms with van der Waals surface area (Å²) in [5.41, 5.74) is -0.0749. The molecule has 0 atom stereocenters. The zero-order valence-corrected chi connectivity index (χ0v) is 13.8. The van der Waals surface area contributed by atoms with Crippen molar-refractivity contribution in [2.24, 2.45) is 0 Å². The van der Waals surface area contributed by atoms with E-state index in [-0.39, 0.29) is 17.2 Å². The Balaban J connectivity index is 2.29. The van der Waals surface area contributed by atoms with Crippen molar-refractivity contribution in [3.8, 4) is 0 Å². The highest BCUT2D eigenvalue weighted by molar-refractivity contribution is 7.15. The van der Waals surface area contributed by atoms with E-state index in [1.807, 2.05) is 6.92 Å². The van der Waals surface area contributed by atoms with Gasteiger partial charge in [0.1, 0.15) is 0 Å². The number of rotatable bonds is 2. The monoisotopic (exact) mass is 298 g/mol. The largest absolute Gasteiger partial charge is 0.464 e. The molecule has 1 aromatic rings. The Morgan fingerprint density at radius 3 is 2.35 bits per heavy atom. The quantitative estimate of drug-likeness (QED) is 0.786. The number of aromatic nitrogens is 1. The van der Waals surface area contributed by atoms with E-state index in [1.54, 1.807) is 0 Å². The SMILES string of the molecule is COC(=O)c1nc(N2CC(C)(C)OC(C)(C)C2)sc1C. The van der Waals surface area contributed by atoms with Crippen molar-refractivity contribution in [1.82, 2.24) is 4.98 Å². The maximum absolute atomic E-state index is 11.7. The van der Waals surface area contributed by atoms with E-state index in [4.69, 9.17) is 9.47 Å². The van der Waals surface area contributed by atoms with Gasteiger partial charge < -0.3 is 14.4 Å². The van der Waals surface area contributed by atoms with Crippen LogP contribution in [0.15, 0.2) is 0 Å². The molecule has 0 saturated carbocycles. The summed E-state index contributed by atoms with van der Waals surface area (Å²) in [5.74, 6) is -0.378. The molecule has 0 amide bonds. The number of ether oxygens (including phenoxy) is 2. The molecule has 0 bridgehead atoms. The van der Waals surface area contributed by atoms with Crippen LogP contribution in [0.3, 0.4) is 0 Å². The van der Waals surface area contributed by atoms with Gasteiger partial charge in [-0.05, 0) is 34.6 Å². The first-order chi connectivity index (χ1) is 9.13.